The van der Waals surface area contributed by atoms with Gasteiger partial charge in [-0.15, -0.1) is 0 Å². The lowest BCUT2D eigenvalue weighted by Gasteiger charge is -2.35. The maximum Gasteiger partial charge on any atom is 0.00104 e. The standard InChI is InChI=1S/C16H33NS/c1-5-18-10-6-7-15-11-14(4)8-9-16(15)12-17-13(2)3/h13-17H,5-12H2,1-4H3. The molecule has 18 heavy (non-hydrogen) atoms. The Hall–Kier alpha value is 0.310. The van der Waals surface area contributed by atoms with E-state index < -0.39 is 0 Å². The van der Waals surface area contributed by atoms with Crippen LogP contribution in [-0.4, -0.2) is 24.1 Å². The molecule has 3 atom stereocenters. The fourth-order valence-corrected chi connectivity index (χ4v) is 3.82. The van der Waals surface area contributed by atoms with E-state index in [0.717, 1.165) is 17.8 Å². The van der Waals surface area contributed by atoms with Gasteiger partial charge in [0.05, 0.1) is 0 Å². The molecular formula is C16H33NS. The number of thioether (sulfide) groups is 1. The molecule has 1 rings (SSSR count). The van der Waals surface area contributed by atoms with Gasteiger partial charge in [0.1, 0.15) is 0 Å². The van der Waals surface area contributed by atoms with Crippen LogP contribution >= 0.6 is 11.8 Å². The Morgan fingerprint density at radius 2 is 2.00 bits per heavy atom. The van der Waals surface area contributed by atoms with E-state index in [1.165, 1.54) is 50.2 Å². The Morgan fingerprint density at radius 3 is 2.67 bits per heavy atom. The van der Waals surface area contributed by atoms with Crippen LogP contribution in [0.4, 0.5) is 0 Å². The first-order valence-corrected chi connectivity index (χ1v) is 9.10. The predicted octanol–water partition coefficient (Wildman–Crippen LogP) is 4.57. The van der Waals surface area contributed by atoms with Crippen molar-refractivity contribution in [2.75, 3.05) is 18.1 Å². The maximum absolute atomic E-state index is 3.66. The molecule has 0 aromatic heterocycles. The minimum absolute atomic E-state index is 0.639. The SMILES string of the molecule is CCSCCCC1CC(C)CCC1CNC(C)C. The summed E-state index contributed by atoms with van der Waals surface area (Å²) in [6.45, 7) is 10.5. The van der Waals surface area contributed by atoms with Gasteiger partial charge < -0.3 is 5.32 Å². The molecular weight excluding hydrogens is 238 g/mol. The Morgan fingerprint density at radius 1 is 1.22 bits per heavy atom. The van der Waals surface area contributed by atoms with Crippen LogP contribution in [0, 0.1) is 17.8 Å². The van der Waals surface area contributed by atoms with E-state index >= 15 is 0 Å². The normalized spacial score (nSPS) is 28.8. The monoisotopic (exact) mass is 271 g/mol. The zero-order chi connectivity index (χ0) is 13.4. The van der Waals surface area contributed by atoms with E-state index in [1.54, 1.807) is 0 Å². The highest BCUT2D eigenvalue weighted by Gasteiger charge is 2.27. The molecule has 1 N–H and O–H groups in total. The third-order valence-corrected chi connectivity index (χ3v) is 5.24. The number of hydrogen-bond acceptors (Lipinski definition) is 2. The van der Waals surface area contributed by atoms with E-state index in [2.05, 4.69) is 44.8 Å². The van der Waals surface area contributed by atoms with Gasteiger partial charge in [-0.05, 0) is 61.5 Å². The summed E-state index contributed by atoms with van der Waals surface area (Å²) in [5.41, 5.74) is 0. The average molecular weight is 272 g/mol. The molecule has 0 radical (unpaired) electrons. The number of rotatable bonds is 8. The molecule has 0 bridgehead atoms. The second kappa shape index (κ2) is 9.25. The van der Waals surface area contributed by atoms with Gasteiger partial charge in [0.15, 0.2) is 0 Å². The van der Waals surface area contributed by atoms with Crippen LogP contribution in [0.25, 0.3) is 0 Å². The first-order valence-electron chi connectivity index (χ1n) is 7.94. The van der Waals surface area contributed by atoms with Gasteiger partial charge in [0.25, 0.3) is 0 Å². The minimum atomic E-state index is 0.639. The van der Waals surface area contributed by atoms with Crippen molar-refractivity contribution >= 4 is 11.8 Å². The van der Waals surface area contributed by atoms with Gasteiger partial charge in [0, 0.05) is 6.04 Å². The molecule has 0 saturated heterocycles. The second-order valence-electron chi connectivity index (χ2n) is 6.34. The van der Waals surface area contributed by atoms with Crippen molar-refractivity contribution in [2.45, 2.75) is 65.8 Å². The lowest BCUT2D eigenvalue weighted by atomic mass is 9.73. The first kappa shape index (κ1) is 16.4. The lowest BCUT2D eigenvalue weighted by molar-refractivity contribution is 0.172. The molecule has 0 heterocycles. The van der Waals surface area contributed by atoms with Gasteiger partial charge >= 0.3 is 0 Å². The van der Waals surface area contributed by atoms with Crippen LogP contribution in [0.3, 0.4) is 0 Å². The predicted molar refractivity (Wildman–Crippen MR) is 85.4 cm³/mol. The van der Waals surface area contributed by atoms with Gasteiger partial charge in [-0.2, -0.15) is 11.8 Å². The van der Waals surface area contributed by atoms with Crippen molar-refractivity contribution in [3.63, 3.8) is 0 Å². The lowest BCUT2D eigenvalue weighted by Crippen LogP contribution is -2.35. The summed E-state index contributed by atoms with van der Waals surface area (Å²) in [4.78, 5) is 0. The van der Waals surface area contributed by atoms with Gasteiger partial charge in [0.2, 0.25) is 0 Å². The number of nitrogens with one attached hydrogen (secondary N) is 1. The topological polar surface area (TPSA) is 12.0 Å². The summed E-state index contributed by atoms with van der Waals surface area (Å²) >= 11 is 2.10. The summed E-state index contributed by atoms with van der Waals surface area (Å²) in [5.74, 6) is 5.53. The summed E-state index contributed by atoms with van der Waals surface area (Å²) in [5, 5.41) is 3.66. The smallest absolute Gasteiger partial charge is 0.00104 e. The zero-order valence-electron chi connectivity index (χ0n) is 12.9. The van der Waals surface area contributed by atoms with Gasteiger partial charge in [-0.25, -0.2) is 0 Å². The molecule has 3 unspecified atom stereocenters. The highest BCUT2D eigenvalue weighted by Crippen LogP contribution is 2.36. The molecule has 108 valence electrons. The molecule has 0 aromatic rings. The van der Waals surface area contributed by atoms with Crippen molar-refractivity contribution < 1.29 is 0 Å². The average Bonchev–Trinajstić information content (AvgIpc) is 2.33. The van der Waals surface area contributed by atoms with Gasteiger partial charge in [-0.1, -0.05) is 34.1 Å². The Bertz CT molecular complexity index is 205. The molecule has 0 amide bonds. The van der Waals surface area contributed by atoms with Crippen LogP contribution in [0.5, 0.6) is 0 Å². The summed E-state index contributed by atoms with van der Waals surface area (Å²) in [6.07, 6.45) is 7.26. The molecule has 0 spiro atoms. The second-order valence-corrected chi connectivity index (χ2v) is 7.73. The van der Waals surface area contributed by atoms with E-state index in [1.807, 2.05) is 0 Å². The fraction of sp³-hybridized carbons (Fsp3) is 1.00. The van der Waals surface area contributed by atoms with Crippen LogP contribution in [-0.2, 0) is 0 Å². The van der Waals surface area contributed by atoms with E-state index in [9.17, 15) is 0 Å². The van der Waals surface area contributed by atoms with Crippen molar-refractivity contribution in [1.29, 1.82) is 0 Å². The molecule has 0 aliphatic heterocycles. The highest BCUT2D eigenvalue weighted by molar-refractivity contribution is 7.99. The van der Waals surface area contributed by atoms with Gasteiger partial charge in [-0.3, -0.25) is 0 Å². The minimum Gasteiger partial charge on any atom is -0.314 e. The molecule has 1 aliphatic carbocycles. The number of hydrogen-bond donors (Lipinski definition) is 1. The zero-order valence-corrected chi connectivity index (χ0v) is 13.7. The molecule has 1 nitrogen and oxygen atoms in total. The first-order chi connectivity index (χ1) is 8.63. The molecule has 1 saturated carbocycles. The highest BCUT2D eigenvalue weighted by atomic mass is 32.2. The third kappa shape index (κ3) is 6.47. The third-order valence-electron chi connectivity index (χ3n) is 4.26. The summed E-state index contributed by atoms with van der Waals surface area (Å²) in [7, 11) is 0. The Labute approximate surface area is 119 Å². The molecule has 0 aromatic carbocycles. The Balaban J connectivity index is 2.31. The van der Waals surface area contributed by atoms with E-state index in [0.29, 0.717) is 6.04 Å². The quantitative estimate of drug-likeness (QED) is 0.649. The summed E-state index contributed by atoms with van der Waals surface area (Å²) < 4.78 is 0. The van der Waals surface area contributed by atoms with Crippen LogP contribution in [0.1, 0.15) is 59.8 Å². The van der Waals surface area contributed by atoms with Crippen LogP contribution in [0.15, 0.2) is 0 Å². The van der Waals surface area contributed by atoms with Crippen molar-refractivity contribution in [2.24, 2.45) is 17.8 Å². The van der Waals surface area contributed by atoms with Crippen LogP contribution in [0.2, 0.25) is 0 Å². The van der Waals surface area contributed by atoms with Crippen molar-refractivity contribution in [1.82, 2.24) is 5.32 Å². The van der Waals surface area contributed by atoms with Crippen LogP contribution < -0.4 is 5.32 Å². The molecule has 2 heteroatoms. The largest absolute Gasteiger partial charge is 0.314 e. The molecule has 1 fully saturated rings. The van der Waals surface area contributed by atoms with E-state index in [-0.39, 0.29) is 0 Å². The Kier molecular flexibility index (Phi) is 8.41. The summed E-state index contributed by atoms with van der Waals surface area (Å²) in [6, 6.07) is 0.639. The van der Waals surface area contributed by atoms with E-state index in [4.69, 9.17) is 0 Å². The van der Waals surface area contributed by atoms with Crippen molar-refractivity contribution in [3.05, 3.63) is 0 Å². The van der Waals surface area contributed by atoms with Crippen molar-refractivity contribution in [3.8, 4) is 0 Å². The maximum atomic E-state index is 3.66. The fourth-order valence-electron chi connectivity index (χ4n) is 3.16. The molecule has 1 aliphatic rings.